The number of benzene rings is 2. The summed E-state index contributed by atoms with van der Waals surface area (Å²) in [4.78, 5) is 54.9. The second-order valence-corrected chi connectivity index (χ2v) is 18.7. The Bertz CT molecular complexity index is 2260. The van der Waals surface area contributed by atoms with E-state index in [1.54, 1.807) is 38.1 Å². The minimum atomic E-state index is -3.63. The molecule has 3 atom stereocenters. The van der Waals surface area contributed by atoms with Crippen molar-refractivity contribution in [2.75, 3.05) is 81.0 Å². The number of carbonyl (C=O) groups is 4. The zero-order valence-electron chi connectivity index (χ0n) is 32.7. The molecule has 3 saturated heterocycles. The molecule has 0 bridgehead atoms. The van der Waals surface area contributed by atoms with Crippen LogP contribution in [0.15, 0.2) is 48.5 Å². The number of nitrogens with one attached hydrogen (secondary N) is 4. The lowest BCUT2D eigenvalue weighted by atomic mass is 10.1. The minimum absolute atomic E-state index is 0.104. The molecule has 2 aromatic rings. The molecule has 0 aliphatic carbocycles. The zero-order valence-corrected chi connectivity index (χ0v) is 35.2. The number of hydrogen-bond acceptors (Lipinski definition) is 17. The van der Waals surface area contributed by atoms with Crippen LogP contribution in [0, 0.1) is 10.8 Å². The number of amides is 3. The highest BCUT2D eigenvalue weighted by molar-refractivity contribution is 7.89. The highest BCUT2D eigenvalue weighted by Gasteiger charge is 2.37. The molecule has 3 aliphatic heterocycles. The molecule has 3 aliphatic rings. The summed E-state index contributed by atoms with van der Waals surface area (Å²) >= 11 is 0. The van der Waals surface area contributed by atoms with Crippen molar-refractivity contribution in [3.63, 3.8) is 0 Å². The van der Waals surface area contributed by atoms with Gasteiger partial charge in [0, 0.05) is 42.1 Å². The molecule has 3 heterocycles. The number of hydrogen-bond donors (Lipinski definition) is 4. The Kier molecular flexibility index (Phi) is 15.0. The van der Waals surface area contributed by atoms with Crippen LogP contribution in [-0.4, -0.2) is 160 Å². The van der Waals surface area contributed by atoms with Gasteiger partial charge in [0.1, 0.15) is 36.5 Å². The molecule has 25 heteroatoms. The average molecular weight is 887 g/mol. The average Bonchev–Trinajstić information content (AvgIpc) is 3.70. The molecule has 0 radical (unpaired) electrons. The summed E-state index contributed by atoms with van der Waals surface area (Å²) in [6.07, 6.45) is 0.452. The van der Waals surface area contributed by atoms with Crippen LogP contribution in [0.1, 0.15) is 25.0 Å². The molecule has 3 unspecified atom stereocenters. The van der Waals surface area contributed by atoms with Crippen LogP contribution >= 0.6 is 0 Å². The first kappa shape index (κ1) is 46.3. The molecular weight excluding hydrogens is 841 g/mol. The molecule has 4 N–H and O–H groups in total. The third-order valence-electron chi connectivity index (χ3n) is 8.62. The molecule has 2 aromatic carbocycles. The van der Waals surface area contributed by atoms with E-state index in [1.165, 1.54) is 39.0 Å². The first-order valence-corrected chi connectivity index (χ1v) is 23.4. The van der Waals surface area contributed by atoms with Gasteiger partial charge in [-0.25, -0.2) is 31.2 Å². The van der Waals surface area contributed by atoms with Gasteiger partial charge in [-0.05, 0) is 62.4 Å². The molecule has 324 valence electrons. The summed E-state index contributed by atoms with van der Waals surface area (Å²) in [5, 5.41) is 15.5. The van der Waals surface area contributed by atoms with Gasteiger partial charge in [0.2, 0.25) is 26.0 Å². The van der Waals surface area contributed by atoms with E-state index in [0.717, 1.165) is 18.8 Å². The molecule has 3 fully saturated rings. The second-order valence-electron chi connectivity index (χ2n) is 13.6. The van der Waals surface area contributed by atoms with Gasteiger partial charge < -0.3 is 19.1 Å². The molecule has 0 aromatic heterocycles. The lowest BCUT2D eigenvalue weighted by molar-refractivity contribution is -0.156. The third kappa shape index (κ3) is 13.9. The Hall–Kier alpha value is -5.37. The standard InChI is InChI=1S/C21H29N5O7S.C13H17N3O7S2/c1-4-32-20(28)14(2)25-10-9-24(13-18(25)27)11-17-12-26(21(29)33-17)16-7-5-15(6-8-16)19(22)23-34(3,30)31;1-24(18,19)15-12(14)9-3-5-10(6-4-9)16-7-11(23-13(16)17)8-22-25(2,20)21/h5-8,14,17H,4,9-13H2,1-3H3,(H2,22,23);3-6,11H,7-8H2,1-2H3,(H2,14,15). The maximum Gasteiger partial charge on any atom is 0.414 e. The van der Waals surface area contributed by atoms with E-state index in [1.807, 2.05) is 9.62 Å². The third-order valence-corrected chi connectivity index (χ3v) is 10.3. The van der Waals surface area contributed by atoms with Gasteiger partial charge >= 0.3 is 18.2 Å². The number of amidine groups is 2. The Labute approximate surface area is 341 Å². The first-order valence-electron chi connectivity index (χ1n) is 17.8. The SMILES string of the molecule is CCOC(=O)C(C)N1CCN(CC2CN(c3ccc(C(=N)NS(C)(=O)=O)cc3)C(=O)O2)CC1=O.CS(=O)(=O)NC(=N)c1ccc(N2CC(COS(C)(=O)=O)OC2=O)cc1. The second kappa shape index (κ2) is 19.1. The fraction of sp³-hybridized carbons (Fsp3) is 0.471. The van der Waals surface area contributed by atoms with E-state index in [-0.39, 0.29) is 50.4 Å². The fourth-order valence-corrected chi connectivity index (χ4v) is 7.31. The van der Waals surface area contributed by atoms with Crippen molar-refractivity contribution < 1.29 is 62.8 Å². The van der Waals surface area contributed by atoms with Gasteiger partial charge in [0.15, 0.2) is 0 Å². The summed E-state index contributed by atoms with van der Waals surface area (Å²) < 4.78 is 91.0. The maximum atomic E-state index is 12.6. The molecule has 59 heavy (non-hydrogen) atoms. The van der Waals surface area contributed by atoms with Gasteiger partial charge in [0.25, 0.3) is 10.1 Å². The highest BCUT2D eigenvalue weighted by Crippen LogP contribution is 2.24. The molecule has 22 nitrogen and oxygen atoms in total. The monoisotopic (exact) mass is 886 g/mol. The summed E-state index contributed by atoms with van der Waals surface area (Å²) in [6, 6.07) is 11.6. The number of anilines is 2. The zero-order chi connectivity index (χ0) is 43.9. The van der Waals surface area contributed by atoms with Gasteiger partial charge in [0.05, 0.1) is 45.0 Å². The minimum Gasteiger partial charge on any atom is -0.464 e. The number of nitrogens with zero attached hydrogens (tertiary/aromatic N) is 4. The lowest BCUT2D eigenvalue weighted by Gasteiger charge is -2.37. The lowest BCUT2D eigenvalue weighted by Crippen LogP contribution is -2.56. The van der Waals surface area contributed by atoms with Crippen LogP contribution in [0.5, 0.6) is 0 Å². The van der Waals surface area contributed by atoms with Crippen LogP contribution in [0.25, 0.3) is 0 Å². The number of carbonyl (C=O) groups excluding carboxylic acids is 4. The molecular formula is C34H46N8O14S3. The van der Waals surface area contributed by atoms with Gasteiger partial charge in [-0.3, -0.25) is 43.9 Å². The molecule has 0 saturated carbocycles. The van der Waals surface area contributed by atoms with Crippen LogP contribution in [-0.2, 0) is 58.1 Å². The van der Waals surface area contributed by atoms with Crippen molar-refractivity contribution in [3.8, 4) is 0 Å². The Balaban J connectivity index is 0.000000273. The topological polar surface area (TPSA) is 292 Å². The van der Waals surface area contributed by atoms with Crippen molar-refractivity contribution in [1.82, 2.24) is 19.2 Å². The predicted molar refractivity (Wildman–Crippen MR) is 213 cm³/mol. The van der Waals surface area contributed by atoms with Crippen LogP contribution in [0.3, 0.4) is 0 Å². The highest BCUT2D eigenvalue weighted by atomic mass is 32.2. The molecule has 5 rings (SSSR count). The van der Waals surface area contributed by atoms with E-state index < -0.39 is 66.6 Å². The normalized spacial score (nSPS) is 19.3. The molecule has 3 amide bonds. The predicted octanol–water partition coefficient (Wildman–Crippen LogP) is -0.155. The van der Waals surface area contributed by atoms with E-state index in [9.17, 15) is 44.4 Å². The van der Waals surface area contributed by atoms with Crippen LogP contribution in [0.2, 0.25) is 0 Å². The largest absolute Gasteiger partial charge is 0.464 e. The van der Waals surface area contributed by atoms with Crippen LogP contribution < -0.4 is 19.2 Å². The van der Waals surface area contributed by atoms with Crippen molar-refractivity contribution in [2.45, 2.75) is 32.1 Å². The Morgan fingerprint density at radius 3 is 1.66 bits per heavy atom. The van der Waals surface area contributed by atoms with E-state index >= 15 is 0 Å². The smallest absolute Gasteiger partial charge is 0.414 e. The number of piperazine rings is 1. The van der Waals surface area contributed by atoms with Crippen LogP contribution in [0.4, 0.5) is 21.0 Å². The van der Waals surface area contributed by atoms with Gasteiger partial charge in [-0.15, -0.1) is 0 Å². The maximum absolute atomic E-state index is 12.6. The quantitative estimate of drug-likeness (QED) is 0.0631. The van der Waals surface area contributed by atoms with E-state index in [0.29, 0.717) is 42.1 Å². The number of sulfonamides is 2. The van der Waals surface area contributed by atoms with Crippen molar-refractivity contribution in [2.24, 2.45) is 0 Å². The van der Waals surface area contributed by atoms with E-state index in [2.05, 4.69) is 8.91 Å². The number of esters is 1. The van der Waals surface area contributed by atoms with Gasteiger partial charge in [-0.1, -0.05) is 0 Å². The van der Waals surface area contributed by atoms with Crippen molar-refractivity contribution in [1.29, 1.82) is 10.8 Å². The van der Waals surface area contributed by atoms with Crippen molar-refractivity contribution in [3.05, 3.63) is 59.7 Å². The number of rotatable bonds is 14. The fourth-order valence-electron chi connectivity index (χ4n) is 5.93. The van der Waals surface area contributed by atoms with Gasteiger partial charge in [-0.2, -0.15) is 8.42 Å². The summed E-state index contributed by atoms with van der Waals surface area (Å²) in [5.74, 6) is -1.18. The first-order chi connectivity index (χ1) is 27.4. The number of ether oxygens (including phenoxy) is 3. The summed E-state index contributed by atoms with van der Waals surface area (Å²) in [7, 11) is -10.7. The van der Waals surface area contributed by atoms with E-state index in [4.69, 9.17) is 25.0 Å². The molecule has 0 spiro atoms. The summed E-state index contributed by atoms with van der Waals surface area (Å²) in [5.41, 5.74) is 1.68. The Morgan fingerprint density at radius 2 is 1.24 bits per heavy atom. The Morgan fingerprint density at radius 1 is 0.780 bits per heavy atom. The van der Waals surface area contributed by atoms with Crippen molar-refractivity contribution >= 4 is 77.3 Å². The number of cyclic esters (lactones) is 2. The summed E-state index contributed by atoms with van der Waals surface area (Å²) in [6.45, 7) is 5.12.